The third-order valence-electron chi connectivity index (χ3n) is 3.81. The molecule has 1 atom stereocenters. The van der Waals surface area contributed by atoms with E-state index in [9.17, 15) is 9.90 Å². The first-order valence-electron chi connectivity index (χ1n) is 6.76. The van der Waals surface area contributed by atoms with Gasteiger partial charge in [0.05, 0.1) is 10.9 Å². The Hall–Kier alpha value is -1.91. The Morgan fingerprint density at radius 2 is 2.19 bits per heavy atom. The average Bonchev–Trinajstić information content (AvgIpc) is 2.48. The van der Waals surface area contributed by atoms with E-state index in [1.165, 1.54) is 0 Å². The highest BCUT2D eigenvalue weighted by Crippen LogP contribution is 2.30. The van der Waals surface area contributed by atoms with Crippen molar-refractivity contribution in [3.63, 3.8) is 0 Å². The van der Waals surface area contributed by atoms with E-state index < -0.39 is 11.9 Å². The van der Waals surface area contributed by atoms with E-state index in [-0.39, 0.29) is 0 Å². The van der Waals surface area contributed by atoms with Crippen LogP contribution in [-0.4, -0.2) is 27.5 Å². The van der Waals surface area contributed by atoms with E-state index in [0.29, 0.717) is 18.1 Å². The number of aromatic nitrogens is 1. The second-order valence-electron chi connectivity index (χ2n) is 5.23. The second-order valence-corrected chi connectivity index (χ2v) is 5.63. The summed E-state index contributed by atoms with van der Waals surface area (Å²) in [6, 6.07) is 9.61. The van der Waals surface area contributed by atoms with Crippen LogP contribution in [0.25, 0.3) is 0 Å². The van der Waals surface area contributed by atoms with E-state index >= 15 is 0 Å². The van der Waals surface area contributed by atoms with Gasteiger partial charge in [0.1, 0.15) is 0 Å². The zero-order chi connectivity index (χ0) is 14.8. The third-order valence-corrected chi connectivity index (χ3v) is 4.15. The van der Waals surface area contributed by atoms with Crippen LogP contribution >= 0.6 is 11.6 Å². The van der Waals surface area contributed by atoms with Crippen LogP contribution in [0.5, 0.6) is 0 Å². The summed E-state index contributed by atoms with van der Waals surface area (Å²) in [4.78, 5) is 17.6. The van der Waals surface area contributed by atoms with Crippen molar-refractivity contribution in [2.24, 2.45) is 0 Å². The Balaban J connectivity index is 1.87. The highest BCUT2D eigenvalue weighted by atomic mass is 35.5. The zero-order valence-electron chi connectivity index (χ0n) is 11.4. The van der Waals surface area contributed by atoms with Gasteiger partial charge in [-0.2, -0.15) is 0 Å². The van der Waals surface area contributed by atoms with Gasteiger partial charge < -0.3 is 5.11 Å². The molecule has 108 valence electrons. The van der Waals surface area contributed by atoms with Crippen LogP contribution in [-0.2, 0) is 17.9 Å². The summed E-state index contributed by atoms with van der Waals surface area (Å²) in [5.74, 6) is -1.27. The Kier molecular flexibility index (Phi) is 3.90. The van der Waals surface area contributed by atoms with Gasteiger partial charge in [0.2, 0.25) is 0 Å². The Morgan fingerprint density at radius 1 is 1.38 bits per heavy atom. The normalized spacial score (nSPS) is 18.2. The van der Waals surface area contributed by atoms with Crippen LogP contribution in [0.1, 0.15) is 22.6 Å². The van der Waals surface area contributed by atoms with Crippen molar-refractivity contribution in [3.8, 4) is 0 Å². The molecule has 1 aromatic carbocycles. The molecule has 0 bridgehead atoms. The molecule has 0 aliphatic carbocycles. The van der Waals surface area contributed by atoms with E-state index in [2.05, 4.69) is 9.88 Å². The van der Waals surface area contributed by atoms with Gasteiger partial charge in [0.25, 0.3) is 0 Å². The molecular formula is C16H15ClN2O2. The van der Waals surface area contributed by atoms with Gasteiger partial charge in [-0.25, -0.2) is 0 Å². The molecule has 0 radical (unpaired) electrons. The molecular weight excluding hydrogens is 288 g/mol. The van der Waals surface area contributed by atoms with Gasteiger partial charge in [-0.1, -0.05) is 35.9 Å². The number of hydrogen-bond acceptors (Lipinski definition) is 3. The number of rotatable bonds is 3. The number of hydrogen-bond donors (Lipinski definition) is 1. The molecule has 1 unspecified atom stereocenters. The van der Waals surface area contributed by atoms with Crippen molar-refractivity contribution in [3.05, 3.63) is 64.4 Å². The van der Waals surface area contributed by atoms with Crippen LogP contribution < -0.4 is 0 Å². The summed E-state index contributed by atoms with van der Waals surface area (Å²) in [5.41, 5.74) is 2.96. The second kappa shape index (κ2) is 5.84. The predicted octanol–water partition coefficient (Wildman–Crippen LogP) is 2.92. The molecule has 4 nitrogen and oxygen atoms in total. The molecule has 1 aromatic heterocycles. The zero-order valence-corrected chi connectivity index (χ0v) is 12.1. The lowest BCUT2D eigenvalue weighted by atomic mass is 9.89. The molecule has 0 saturated heterocycles. The monoisotopic (exact) mass is 302 g/mol. The molecule has 2 heterocycles. The average molecular weight is 303 g/mol. The molecule has 21 heavy (non-hydrogen) atoms. The lowest BCUT2D eigenvalue weighted by Gasteiger charge is -2.32. The minimum Gasteiger partial charge on any atom is -0.481 e. The first kappa shape index (κ1) is 14.0. The van der Waals surface area contributed by atoms with Crippen LogP contribution in [0.3, 0.4) is 0 Å². The van der Waals surface area contributed by atoms with Crippen molar-refractivity contribution in [2.45, 2.75) is 19.0 Å². The fourth-order valence-electron chi connectivity index (χ4n) is 2.78. The number of carbonyl (C=O) groups is 1. The van der Waals surface area contributed by atoms with E-state index in [0.717, 1.165) is 23.2 Å². The van der Waals surface area contributed by atoms with Gasteiger partial charge in [0.15, 0.2) is 0 Å². The molecule has 1 N–H and O–H groups in total. The van der Waals surface area contributed by atoms with E-state index in [1.54, 1.807) is 12.4 Å². The first-order valence-corrected chi connectivity index (χ1v) is 7.14. The largest absolute Gasteiger partial charge is 0.481 e. The Morgan fingerprint density at radius 3 is 2.95 bits per heavy atom. The molecule has 0 amide bonds. The maximum Gasteiger partial charge on any atom is 0.312 e. The van der Waals surface area contributed by atoms with Crippen LogP contribution in [0.2, 0.25) is 5.02 Å². The fraction of sp³-hybridized carbons (Fsp3) is 0.250. The summed E-state index contributed by atoms with van der Waals surface area (Å²) in [7, 11) is 0. The maximum atomic E-state index is 11.5. The van der Waals surface area contributed by atoms with Crippen LogP contribution in [0.4, 0.5) is 0 Å². The van der Waals surface area contributed by atoms with Crippen LogP contribution in [0, 0.1) is 0 Å². The van der Waals surface area contributed by atoms with Gasteiger partial charge in [0, 0.05) is 32.0 Å². The molecule has 5 heteroatoms. The number of aliphatic carboxylic acids is 1. The van der Waals surface area contributed by atoms with Gasteiger partial charge in [-0.05, 0) is 22.8 Å². The highest BCUT2D eigenvalue weighted by molar-refractivity contribution is 6.31. The third kappa shape index (κ3) is 2.91. The summed E-state index contributed by atoms with van der Waals surface area (Å²) in [6.45, 7) is 1.85. The van der Waals surface area contributed by atoms with Gasteiger partial charge in [-0.15, -0.1) is 0 Å². The molecule has 0 fully saturated rings. The minimum absolute atomic E-state index is 0.490. The smallest absolute Gasteiger partial charge is 0.312 e. The molecule has 1 aliphatic heterocycles. The number of nitrogens with zero attached hydrogens (tertiary/aromatic N) is 2. The maximum absolute atomic E-state index is 11.5. The molecule has 1 aliphatic rings. The Bertz CT molecular complexity index is 675. The number of pyridine rings is 1. The molecule has 2 aromatic rings. The summed E-state index contributed by atoms with van der Waals surface area (Å²) in [5, 5.41) is 10.1. The fourth-order valence-corrected chi connectivity index (χ4v) is 2.96. The predicted molar refractivity (Wildman–Crippen MR) is 80.2 cm³/mol. The highest BCUT2D eigenvalue weighted by Gasteiger charge is 2.30. The summed E-state index contributed by atoms with van der Waals surface area (Å²) < 4.78 is 0. The summed E-state index contributed by atoms with van der Waals surface area (Å²) in [6.07, 6.45) is 3.32. The number of carboxylic acid groups (broad SMARTS) is 1. The minimum atomic E-state index is -0.784. The lowest BCUT2D eigenvalue weighted by Crippen LogP contribution is -2.36. The molecule has 3 rings (SSSR count). The van der Waals surface area contributed by atoms with Gasteiger partial charge >= 0.3 is 5.97 Å². The topological polar surface area (TPSA) is 53.4 Å². The number of fused-ring (bicyclic) bond motifs is 1. The van der Waals surface area contributed by atoms with Crippen molar-refractivity contribution in [2.75, 3.05) is 6.54 Å². The van der Waals surface area contributed by atoms with Crippen molar-refractivity contribution >= 4 is 17.6 Å². The standard InChI is InChI=1S/C16H15ClN2O2/c17-15-7-18-6-5-12(15)9-19-8-11-3-1-2-4-13(11)14(10-19)16(20)21/h1-7,14H,8-10H2,(H,20,21). The SMILES string of the molecule is O=C(O)C1CN(Cc2ccncc2Cl)Cc2ccccc21. The number of carboxylic acids is 1. The van der Waals surface area contributed by atoms with Crippen molar-refractivity contribution in [1.82, 2.24) is 9.88 Å². The van der Waals surface area contributed by atoms with Crippen molar-refractivity contribution < 1.29 is 9.90 Å². The quantitative estimate of drug-likeness (QED) is 0.947. The molecule has 0 spiro atoms. The Labute approximate surface area is 128 Å². The van der Waals surface area contributed by atoms with Gasteiger partial charge in [-0.3, -0.25) is 14.7 Å². The van der Waals surface area contributed by atoms with E-state index in [4.69, 9.17) is 11.6 Å². The van der Waals surface area contributed by atoms with Crippen LogP contribution in [0.15, 0.2) is 42.7 Å². The first-order chi connectivity index (χ1) is 10.1. The molecule has 0 saturated carbocycles. The van der Waals surface area contributed by atoms with E-state index in [1.807, 2.05) is 30.3 Å². The lowest BCUT2D eigenvalue weighted by molar-refractivity contribution is -0.139. The summed E-state index contributed by atoms with van der Waals surface area (Å²) >= 11 is 6.14. The number of benzene rings is 1. The van der Waals surface area contributed by atoms with Crippen molar-refractivity contribution in [1.29, 1.82) is 0 Å². The number of halogens is 1.